The first-order valence-electron chi connectivity index (χ1n) is 5.46. The Morgan fingerprint density at radius 2 is 2.12 bits per heavy atom. The molecule has 0 saturated heterocycles. The monoisotopic (exact) mass is 226 g/mol. The highest BCUT2D eigenvalue weighted by molar-refractivity contribution is 5.65. The molecule has 0 aliphatic heterocycles. The number of aliphatic hydroxyl groups excluding tert-OH is 1. The Morgan fingerprint density at radius 1 is 1.44 bits per heavy atom. The molecule has 1 unspecified atom stereocenters. The third-order valence-electron chi connectivity index (χ3n) is 2.29. The highest BCUT2D eigenvalue weighted by atomic mass is 19.1. The third-order valence-corrected chi connectivity index (χ3v) is 2.29. The van der Waals surface area contributed by atoms with Gasteiger partial charge >= 0.3 is 0 Å². The Bertz CT molecular complexity index is 342. The molecule has 0 radical (unpaired) electrons. The summed E-state index contributed by atoms with van der Waals surface area (Å²) in [5.74, 6) is 0.0909. The molecule has 0 aromatic heterocycles. The first kappa shape index (κ1) is 12.8. The van der Waals surface area contributed by atoms with Crippen LogP contribution in [-0.4, -0.2) is 17.8 Å². The maximum Gasteiger partial charge on any atom is 0.125 e. The van der Waals surface area contributed by atoms with Crippen molar-refractivity contribution in [2.75, 3.05) is 17.6 Å². The van der Waals surface area contributed by atoms with Crippen LogP contribution in [0.15, 0.2) is 18.2 Å². The van der Waals surface area contributed by atoms with Crippen LogP contribution in [0.1, 0.15) is 20.3 Å². The van der Waals surface area contributed by atoms with Crippen molar-refractivity contribution in [3.8, 4) is 0 Å². The van der Waals surface area contributed by atoms with Crippen LogP contribution in [0, 0.1) is 11.7 Å². The van der Waals surface area contributed by atoms with Gasteiger partial charge in [-0.1, -0.05) is 13.8 Å². The maximum absolute atomic E-state index is 12.8. The zero-order valence-electron chi connectivity index (χ0n) is 9.70. The number of hydrogen-bond donors (Lipinski definition) is 3. The molecule has 1 aromatic rings. The van der Waals surface area contributed by atoms with Crippen LogP contribution in [-0.2, 0) is 0 Å². The Morgan fingerprint density at radius 3 is 2.69 bits per heavy atom. The zero-order chi connectivity index (χ0) is 12.1. The number of nitrogen functional groups attached to an aromatic ring is 1. The predicted octanol–water partition coefficient (Wildman–Crippen LogP) is 2.23. The molecule has 1 rings (SSSR count). The van der Waals surface area contributed by atoms with Gasteiger partial charge in [-0.3, -0.25) is 0 Å². The highest BCUT2D eigenvalue weighted by Gasteiger charge is 2.07. The van der Waals surface area contributed by atoms with Gasteiger partial charge in [0, 0.05) is 6.54 Å². The number of halogens is 1. The largest absolute Gasteiger partial charge is 0.397 e. The SMILES string of the molecule is CC(C)CC(O)CNc1ccc(F)cc1N. The molecule has 1 atom stereocenters. The fourth-order valence-electron chi connectivity index (χ4n) is 1.55. The second kappa shape index (κ2) is 5.70. The minimum Gasteiger partial charge on any atom is -0.397 e. The van der Waals surface area contributed by atoms with Crippen molar-refractivity contribution < 1.29 is 9.50 Å². The number of nitrogens with one attached hydrogen (secondary N) is 1. The molecular formula is C12H19FN2O. The maximum atomic E-state index is 12.8. The zero-order valence-corrected chi connectivity index (χ0v) is 9.70. The lowest BCUT2D eigenvalue weighted by atomic mass is 10.1. The van der Waals surface area contributed by atoms with Crippen LogP contribution in [0.25, 0.3) is 0 Å². The number of rotatable bonds is 5. The molecule has 0 aliphatic carbocycles. The third kappa shape index (κ3) is 4.06. The van der Waals surface area contributed by atoms with Gasteiger partial charge in [0.2, 0.25) is 0 Å². The van der Waals surface area contributed by atoms with Crippen molar-refractivity contribution in [2.45, 2.75) is 26.4 Å². The minimum atomic E-state index is -0.413. The van der Waals surface area contributed by atoms with E-state index in [1.807, 2.05) is 0 Å². The smallest absolute Gasteiger partial charge is 0.125 e. The van der Waals surface area contributed by atoms with Gasteiger partial charge in [-0.15, -0.1) is 0 Å². The van der Waals surface area contributed by atoms with Gasteiger partial charge in [0.1, 0.15) is 5.82 Å². The summed E-state index contributed by atoms with van der Waals surface area (Å²) in [6.45, 7) is 4.53. The van der Waals surface area contributed by atoms with E-state index in [1.165, 1.54) is 12.1 Å². The van der Waals surface area contributed by atoms with Gasteiger partial charge in [-0.05, 0) is 30.5 Å². The second-order valence-electron chi connectivity index (χ2n) is 4.40. The lowest BCUT2D eigenvalue weighted by Crippen LogP contribution is -2.21. The Kier molecular flexibility index (Phi) is 4.55. The summed E-state index contributed by atoms with van der Waals surface area (Å²) < 4.78 is 12.8. The van der Waals surface area contributed by atoms with E-state index >= 15 is 0 Å². The molecule has 0 fully saturated rings. The molecule has 0 heterocycles. The highest BCUT2D eigenvalue weighted by Crippen LogP contribution is 2.19. The fraction of sp³-hybridized carbons (Fsp3) is 0.500. The van der Waals surface area contributed by atoms with Gasteiger partial charge in [0.05, 0.1) is 17.5 Å². The van der Waals surface area contributed by atoms with E-state index in [-0.39, 0.29) is 5.82 Å². The molecule has 0 saturated carbocycles. The molecule has 90 valence electrons. The average Bonchev–Trinajstić information content (AvgIpc) is 2.15. The molecule has 3 nitrogen and oxygen atoms in total. The van der Waals surface area contributed by atoms with Crippen molar-refractivity contribution >= 4 is 11.4 Å². The summed E-state index contributed by atoms with van der Waals surface area (Å²) in [4.78, 5) is 0. The van der Waals surface area contributed by atoms with E-state index in [2.05, 4.69) is 19.2 Å². The van der Waals surface area contributed by atoms with E-state index in [4.69, 9.17) is 5.73 Å². The average molecular weight is 226 g/mol. The van der Waals surface area contributed by atoms with E-state index < -0.39 is 6.10 Å². The lowest BCUT2D eigenvalue weighted by molar-refractivity contribution is 0.161. The van der Waals surface area contributed by atoms with Gasteiger partial charge in [-0.25, -0.2) is 4.39 Å². The van der Waals surface area contributed by atoms with Crippen LogP contribution >= 0.6 is 0 Å². The van der Waals surface area contributed by atoms with Crippen molar-refractivity contribution in [3.05, 3.63) is 24.0 Å². The molecular weight excluding hydrogens is 207 g/mol. The quantitative estimate of drug-likeness (QED) is 0.675. The Hall–Kier alpha value is -1.29. The van der Waals surface area contributed by atoms with Crippen molar-refractivity contribution in [1.29, 1.82) is 0 Å². The number of hydrogen-bond acceptors (Lipinski definition) is 3. The van der Waals surface area contributed by atoms with E-state index in [0.29, 0.717) is 23.8 Å². The van der Waals surface area contributed by atoms with Crippen LogP contribution in [0.2, 0.25) is 0 Å². The van der Waals surface area contributed by atoms with Crippen molar-refractivity contribution in [1.82, 2.24) is 0 Å². The first-order chi connectivity index (χ1) is 7.49. The summed E-state index contributed by atoms with van der Waals surface area (Å²) in [6, 6.07) is 4.18. The summed E-state index contributed by atoms with van der Waals surface area (Å²) in [6.07, 6.45) is 0.318. The molecule has 4 N–H and O–H groups in total. The van der Waals surface area contributed by atoms with Crippen LogP contribution < -0.4 is 11.1 Å². The number of benzene rings is 1. The molecule has 0 aliphatic rings. The number of anilines is 2. The topological polar surface area (TPSA) is 58.3 Å². The lowest BCUT2D eigenvalue weighted by Gasteiger charge is -2.15. The van der Waals surface area contributed by atoms with Gasteiger partial charge in [-0.2, -0.15) is 0 Å². The predicted molar refractivity (Wildman–Crippen MR) is 64.8 cm³/mol. The molecule has 0 amide bonds. The van der Waals surface area contributed by atoms with Crippen molar-refractivity contribution in [2.24, 2.45) is 5.92 Å². The molecule has 16 heavy (non-hydrogen) atoms. The number of nitrogens with two attached hydrogens (primary N) is 1. The molecule has 0 spiro atoms. The van der Waals surface area contributed by atoms with Crippen LogP contribution in [0.5, 0.6) is 0 Å². The van der Waals surface area contributed by atoms with E-state index in [9.17, 15) is 9.50 Å². The molecule has 1 aromatic carbocycles. The van der Waals surface area contributed by atoms with E-state index in [0.717, 1.165) is 6.42 Å². The standard InChI is InChI=1S/C12H19FN2O/c1-8(2)5-10(16)7-15-12-4-3-9(13)6-11(12)14/h3-4,6,8,10,15-16H,5,7,14H2,1-2H3. The van der Waals surface area contributed by atoms with E-state index in [1.54, 1.807) is 6.07 Å². The summed E-state index contributed by atoms with van der Waals surface area (Å²) >= 11 is 0. The Balaban J connectivity index is 2.48. The fourth-order valence-corrected chi connectivity index (χ4v) is 1.55. The Labute approximate surface area is 95.5 Å². The van der Waals surface area contributed by atoms with Gasteiger partial charge < -0.3 is 16.2 Å². The van der Waals surface area contributed by atoms with Gasteiger partial charge in [0.15, 0.2) is 0 Å². The summed E-state index contributed by atoms with van der Waals surface area (Å²) in [5.41, 5.74) is 6.64. The summed E-state index contributed by atoms with van der Waals surface area (Å²) in [5, 5.41) is 12.7. The first-order valence-corrected chi connectivity index (χ1v) is 5.46. The molecule has 0 bridgehead atoms. The number of aliphatic hydroxyl groups is 1. The van der Waals surface area contributed by atoms with Gasteiger partial charge in [0.25, 0.3) is 0 Å². The van der Waals surface area contributed by atoms with Crippen molar-refractivity contribution in [3.63, 3.8) is 0 Å². The molecule has 4 heteroatoms. The normalized spacial score (nSPS) is 12.8. The summed E-state index contributed by atoms with van der Waals surface area (Å²) in [7, 11) is 0. The second-order valence-corrected chi connectivity index (χ2v) is 4.40. The van der Waals surface area contributed by atoms with Crippen LogP contribution in [0.4, 0.5) is 15.8 Å². The minimum absolute atomic E-state index is 0.356. The van der Waals surface area contributed by atoms with Crippen LogP contribution in [0.3, 0.4) is 0 Å².